The lowest BCUT2D eigenvalue weighted by molar-refractivity contribution is -0.136. The zero-order chi connectivity index (χ0) is 16.7. The second kappa shape index (κ2) is 5.91. The van der Waals surface area contributed by atoms with Crippen molar-refractivity contribution < 1.29 is 9.90 Å². The topological polar surface area (TPSA) is 53.1 Å². The van der Waals surface area contributed by atoms with Gasteiger partial charge in [-0.25, -0.2) is 0 Å². The average molecular weight is 348 g/mol. The van der Waals surface area contributed by atoms with E-state index in [1.807, 2.05) is 26.0 Å². The molecule has 1 heterocycles. The van der Waals surface area contributed by atoms with Crippen molar-refractivity contribution in [1.82, 2.24) is 4.98 Å². The molecule has 118 valence electrons. The van der Waals surface area contributed by atoms with E-state index in [0.717, 1.165) is 27.6 Å². The van der Waals surface area contributed by atoms with Gasteiger partial charge in [-0.2, -0.15) is 0 Å². The van der Waals surface area contributed by atoms with Crippen LogP contribution in [0.4, 0.5) is 0 Å². The van der Waals surface area contributed by atoms with Crippen molar-refractivity contribution in [3.63, 3.8) is 0 Å². The number of hydrogen-bond donors (Lipinski definition) is 2. The van der Waals surface area contributed by atoms with Gasteiger partial charge in [-0.1, -0.05) is 47.0 Å². The summed E-state index contributed by atoms with van der Waals surface area (Å²) in [6.07, 6.45) is -0.0823. The third-order valence-corrected chi connectivity index (χ3v) is 4.72. The first-order chi connectivity index (χ1) is 10.9. The van der Waals surface area contributed by atoms with Gasteiger partial charge in [0.15, 0.2) is 0 Å². The summed E-state index contributed by atoms with van der Waals surface area (Å²) in [7, 11) is 0. The van der Waals surface area contributed by atoms with Gasteiger partial charge in [0, 0.05) is 16.5 Å². The van der Waals surface area contributed by atoms with Crippen LogP contribution in [0.15, 0.2) is 30.3 Å². The number of carbonyl (C=O) groups is 1. The smallest absolute Gasteiger partial charge is 0.307 e. The van der Waals surface area contributed by atoms with Crippen LogP contribution in [0.25, 0.3) is 22.2 Å². The Morgan fingerprint density at radius 1 is 1.22 bits per heavy atom. The van der Waals surface area contributed by atoms with Crippen molar-refractivity contribution in [1.29, 1.82) is 0 Å². The maximum Gasteiger partial charge on any atom is 0.307 e. The molecule has 1 aromatic heterocycles. The molecule has 0 saturated heterocycles. The minimum absolute atomic E-state index is 0.0823. The molecule has 0 aliphatic carbocycles. The van der Waals surface area contributed by atoms with Gasteiger partial charge in [0.1, 0.15) is 0 Å². The van der Waals surface area contributed by atoms with Crippen LogP contribution in [0.3, 0.4) is 0 Å². The van der Waals surface area contributed by atoms with Crippen LogP contribution in [-0.2, 0) is 11.2 Å². The SMILES string of the molecule is Cc1cc(C)c2[nH]c(-c3cccc(Cl)c3Cl)c(CC(=O)O)c2c1. The fourth-order valence-electron chi connectivity index (χ4n) is 2.97. The van der Waals surface area contributed by atoms with E-state index >= 15 is 0 Å². The molecule has 3 aromatic rings. The second-order valence-electron chi connectivity index (χ2n) is 5.65. The Balaban J connectivity index is 2.37. The Kier molecular flexibility index (Phi) is 4.09. The quantitative estimate of drug-likeness (QED) is 0.667. The van der Waals surface area contributed by atoms with Gasteiger partial charge in [0.05, 0.1) is 22.2 Å². The standard InChI is InChI=1S/C18H15Cl2NO2/c1-9-6-10(2)17-12(7-9)13(8-15(22)23)18(21-17)11-4-3-5-14(19)16(11)20/h3-7,21H,8H2,1-2H3,(H,22,23). The molecule has 2 N–H and O–H groups in total. The van der Waals surface area contributed by atoms with Crippen LogP contribution >= 0.6 is 23.2 Å². The molecule has 3 rings (SSSR count). The van der Waals surface area contributed by atoms with Gasteiger partial charge in [-0.05, 0) is 37.1 Å². The Hall–Kier alpha value is -1.97. The molecule has 0 aliphatic heterocycles. The third-order valence-electron chi connectivity index (χ3n) is 3.91. The highest BCUT2D eigenvalue weighted by atomic mass is 35.5. The Bertz CT molecular complexity index is 928. The summed E-state index contributed by atoms with van der Waals surface area (Å²) in [5.41, 5.74) is 5.23. The zero-order valence-corrected chi connectivity index (χ0v) is 14.2. The number of rotatable bonds is 3. The first-order valence-corrected chi connectivity index (χ1v) is 7.92. The van der Waals surface area contributed by atoms with Crippen LogP contribution in [0.2, 0.25) is 10.0 Å². The second-order valence-corrected chi connectivity index (χ2v) is 6.44. The van der Waals surface area contributed by atoms with E-state index in [-0.39, 0.29) is 6.42 Å². The lowest BCUT2D eigenvalue weighted by Gasteiger charge is -2.07. The van der Waals surface area contributed by atoms with Gasteiger partial charge in [0.2, 0.25) is 0 Å². The maximum absolute atomic E-state index is 11.3. The number of hydrogen-bond acceptors (Lipinski definition) is 1. The van der Waals surface area contributed by atoms with Crippen molar-refractivity contribution in [2.45, 2.75) is 20.3 Å². The molecule has 0 bridgehead atoms. The van der Waals surface area contributed by atoms with E-state index in [1.54, 1.807) is 12.1 Å². The highest BCUT2D eigenvalue weighted by Crippen LogP contribution is 2.38. The molecule has 0 amide bonds. The molecule has 5 heteroatoms. The number of nitrogens with one attached hydrogen (secondary N) is 1. The van der Waals surface area contributed by atoms with Gasteiger partial charge in [0.25, 0.3) is 0 Å². The predicted molar refractivity (Wildman–Crippen MR) is 94.6 cm³/mol. The van der Waals surface area contributed by atoms with Gasteiger partial charge in [-0.3, -0.25) is 4.79 Å². The van der Waals surface area contributed by atoms with E-state index < -0.39 is 5.97 Å². The van der Waals surface area contributed by atoms with Crippen molar-refractivity contribution in [2.24, 2.45) is 0 Å². The number of aliphatic carboxylic acids is 1. The monoisotopic (exact) mass is 347 g/mol. The first-order valence-electron chi connectivity index (χ1n) is 7.16. The Morgan fingerprint density at radius 2 is 1.96 bits per heavy atom. The molecular weight excluding hydrogens is 333 g/mol. The third kappa shape index (κ3) is 2.82. The summed E-state index contributed by atoms with van der Waals surface area (Å²) >= 11 is 12.5. The molecule has 23 heavy (non-hydrogen) atoms. The molecule has 0 aliphatic rings. The molecule has 2 aromatic carbocycles. The number of carboxylic acid groups (broad SMARTS) is 1. The fourth-order valence-corrected chi connectivity index (χ4v) is 3.36. The van der Waals surface area contributed by atoms with Gasteiger partial charge >= 0.3 is 5.97 Å². The zero-order valence-electron chi connectivity index (χ0n) is 12.7. The molecule has 0 unspecified atom stereocenters. The number of fused-ring (bicyclic) bond motifs is 1. The van der Waals surface area contributed by atoms with Crippen LogP contribution in [0.1, 0.15) is 16.7 Å². The normalized spacial score (nSPS) is 11.1. The summed E-state index contributed by atoms with van der Waals surface area (Å²) < 4.78 is 0. The van der Waals surface area contributed by atoms with Crippen molar-refractivity contribution >= 4 is 40.1 Å². The summed E-state index contributed by atoms with van der Waals surface area (Å²) in [6.45, 7) is 4.00. The fraction of sp³-hybridized carbons (Fsp3) is 0.167. The number of aromatic nitrogens is 1. The molecule has 0 saturated carbocycles. The molecule has 3 nitrogen and oxygen atoms in total. The molecular formula is C18H15Cl2NO2. The minimum Gasteiger partial charge on any atom is -0.481 e. The largest absolute Gasteiger partial charge is 0.481 e. The molecule has 0 spiro atoms. The number of H-pyrrole nitrogens is 1. The van der Waals surface area contributed by atoms with Crippen LogP contribution < -0.4 is 0 Å². The summed E-state index contributed by atoms with van der Waals surface area (Å²) in [5, 5.41) is 11.1. The van der Waals surface area contributed by atoms with E-state index in [4.69, 9.17) is 23.2 Å². The molecule has 0 fully saturated rings. The first kappa shape index (κ1) is 15.9. The van der Waals surface area contributed by atoms with E-state index in [0.29, 0.717) is 21.3 Å². The summed E-state index contributed by atoms with van der Waals surface area (Å²) in [4.78, 5) is 14.7. The van der Waals surface area contributed by atoms with Crippen molar-refractivity contribution in [3.05, 3.63) is 57.1 Å². The number of aryl methyl sites for hydroxylation is 2. The van der Waals surface area contributed by atoms with Crippen molar-refractivity contribution in [3.8, 4) is 11.3 Å². The highest BCUT2D eigenvalue weighted by molar-refractivity contribution is 6.43. The van der Waals surface area contributed by atoms with Crippen LogP contribution in [-0.4, -0.2) is 16.1 Å². The Labute approximate surface area is 143 Å². The maximum atomic E-state index is 11.3. The van der Waals surface area contributed by atoms with Gasteiger partial charge in [-0.15, -0.1) is 0 Å². The summed E-state index contributed by atoms with van der Waals surface area (Å²) in [5.74, 6) is -0.885. The minimum atomic E-state index is -0.885. The van der Waals surface area contributed by atoms with Gasteiger partial charge < -0.3 is 10.1 Å². The van der Waals surface area contributed by atoms with E-state index in [9.17, 15) is 9.90 Å². The number of benzene rings is 2. The summed E-state index contributed by atoms with van der Waals surface area (Å²) in [6, 6.07) is 9.41. The lowest BCUT2D eigenvalue weighted by atomic mass is 10.0. The number of halogens is 2. The number of aromatic amines is 1. The highest BCUT2D eigenvalue weighted by Gasteiger charge is 2.19. The molecule has 0 atom stereocenters. The van der Waals surface area contributed by atoms with E-state index in [1.165, 1.54) is 0 Å². The Morgan fingerprint density at radius 3 is 2.65 bits per heavy atom. The molecule has 0 radical (unpaired) electrons. The lowest BCUT2D eigenvalue weighted by Crippen LogP contribution is -2.01. The number of carboxylic acids is 1. The average Bonchev–Trinajstić information content (AvgIpc) is 2.80. The van der Waals surface area contributed by atoms with Crippen molar-refractivity contribution in [2.75, 3.05) is 0 Å². The van der Waals surface area contributed by atoms with E-state index in [2.05, 4.69) is 11.1 Å². The predicted octanol–water partition coefficient (Wildman–Crippen LogP) is 5.39. The van der Waals surface area contributed by atoms with Crippen LogP contribution in [0, 0.1) is 13.8 Å². The van der Waals surface area contributed by atoms with Crippen LogP contribution in [0.5, 0.6) is 0 Å².